The first-order chi connectivity index (χ1) is 15.8. The van der Waals surface area contributed by atoms with Gasteiger partial charge in [-0.15, -0.1) is 0 Å². The molecule has 0 aromatic heterocycles. The molecule has 4 aliphatic carbocycles. The molecule has 4 bridgehead atoms. The van der Waals surface area contributed by atoms with Gasteiger partial charge in [-0.25, -0.2) is 8.42 Å². The molecular weight excluding hydrogens is 460 g/mol. The van der Waals surface area contributed by atoms with Crippen LogP contribution < -0.4 is 11.1 Å². The molecule has 10 nitrogen and oxygen atoms in total. The SMILES string of the molecule is CCN(C(C)(C)C(=O)NC1C2CC3CC1CC(C(N)=O)(C3)C2)S(=O)(=O)c1ccccc1[N+](=O)[O-]. The summed E-state index contributed by atoms with van der Waals surface area (Å²) < 4.78 is 28.0. The van der Waals surface area contributed by atoms with Crippen molar-refractivity contribution >= 4 is 27.5 Å². The number of rotatable bonds is 8. The zero-order valence-electron chi connectivity index (χ0n) is 19.7. The van der Waals surface area contributed by atoms with E-state index in [1.165, 1.54) is 32.0 Å². The predicted molar refractivity (Wildman–Crippen MR) is 124 cm³/mol. The van der Waals surface area contributed by atoms with Gasteiger partial charge in [0.25, 0.3) is 15.7 Å². The van der Waals surface area contributed by atoms with Crippen molar-refractivity contribution in [3.8, 4) is 0 Å². The third-order valence-electron chi connectivity index (χ3n) is 8.19. The van der Waals surface area contributed by atoms with Crippen LogP contribution in [0.1, 0.15) is 52.9 Å². The standard InChI is InChI=1S/C23H32N4O6S/c1-4-26(34(32,33)18-8-6-5-7-17(18)27(30)31)22(2,3)21(29)25-19-15-9-14-10-16(19)13-23(11-14,12-15)20(24)28/h5-8,14-16,19H,4,9-13H2,1-3H3,(H2,24,28)(H,25,29). The lowest BCUT2D eigenvalue weighted by molar-refractivity contribution is -0.387. The molecule has 4 aliphatic rings. The minimum absolute atomic E-state index is 0.0425. The number of nitrogens with zero attached hydrogens (tertiary/aromatic N) is 2. The number of nitro groups is 1. The summed E-state index contributed by atoms with van der Waals surface area (Å²) >= 11 is 0. The Morgan fingerprint density at radius 1 is 1.21 bits per heavy atom. The van der Waals surface area contributed by atoms with Gasteiger partial charge >= 0.3 is 0 Å². The van der Waals surface area contributed by atoms with Gasteiger partial charge in [-0.05, 0) is 69.8 Å². The van der Waals surface area contributed by atoms with Crippen LogP contribution in [0, 0.1) is 33.3 Å². The maximum Gasteiger partial charge on any atom is 0.289 e. The van der Waals surface area contributed by atoms with Crippen LogP contribution in [0.5, 0.6) is 0 Å². The van der Waals surface area contributed by atoms with Crippen molar-refractivity contribution in [3.63, 3.8) is 0 Å². The number of nitro benzene ring substituents is 1. The molecule has 5 rings (SSSR count). The minimum atomic E-state index is -4.34. The van der Waals surface area contributed by atoms with Gasteiger partial charge in [0.2, 0.25) is 11.8 Å². The van der Waals surface area contributed by atoms with Gasteiger partial charge in [0.05, 0.1) is 4.92 Å². The molecule has 4 fully saturated rings. The predicted octanol–water partition coefficient (Wildman–Crippen LogP) is 2.18. The van der Waals surface area contributed by atoms with Crippen LogP contribution in [0.4, 0.5) is 5.69 Å². The van der Waals surface area contributed by atoms with E-state index in [9.17, 15) is 28.1 Å². The fraction of sp³-hybridized carbons (Fsp3) is 0.652. The number of carbonyl (C=O) groups is 2. The molecular formula is C23H32N4O6S. The van der Waals surface area contributed by atoms with Crippen LogP contribution in [0.15, 0.2) is 29.2 Å². The molecule has 0 aliphatic heterocycles. The van der Waals surface area contributed by atoms with Crippen molar-refractivity contribution in [2.75, 3.05) is 6.54 Å². The van der Waals surface area contributed by atoms with Gasteiger partial charge < -0.3 is 11.1 Å². The van der Waals surface area contributed by atoms with Crippen molar-refractivity contribution in [3.05, 3.63) is 34.4 Å². The molecule has 0 saturated heterocycles. The van der Waals surface area contributed by atoms with Crippen LogP contribution in [-0.4, -0.2) is 47.6 Å². The van der Waals surface area contributed by atoms with Crippen LogP contribution >= 0.6 is 0 Å². The molecule has 0 heterocycles. The molecule has 3 N–H and O–H groups in total. The second kappa shape index (κ2) is 8.30. The monoisotopic (exact) mass is 492 g/mol. The summed E-state index contributed by atoms with van der Waals surface area (Å²) in [5.74, 6) is -0.0371. The van der Waals surface area contributed by atoms with Gasteiger partial charge in [-0.3, -0.25) is 19.7 Å². The summed E-state index contributed by atoms with van der Waals surface area (Å²) in [7, 11) is -4.34. The number of hydrogen-bond acceptors (Lipinski definition) is 6. The minimum Gasteiger partial charge on any atom is -0.369 e. The number of sulfonamides is 1. The van der Waals surface area contributed by atoms with Gasteiger partial charge in [0, 0.05) is 24.1 Å². The number of nitrogens with two attached hydrogens (primary N) is 1. The van der Waals surface area contributed by atoms with Gasteiger partial charge in [0.15, 0.2) is 4.90 Å². The van der Waals surface area contributed by atoms with E-state index in [-0.39, 0.29) is 30.3 Å². The molecule has 186 valence electrons. The van der Waals surface area contributed by atoms with E-state index in [0.29, 0.717) is 18.8 Å². The lowest BCUT2D eigenvalue weighted by Gasteiger charge is -2.59. The van der Waals surface area contributed by atoms with E-state index in [0.717, 1.165) is 29.6 Å². The highest BCUT2D eigenvalue weighted by atomic mass is 32.2. The van der Waals surface area contributed by atoms with Gasteiger partial charge in [-0.2, -0.15) is 4.31 Å². The van der Waals surface area contributed by atoms with E-state index in [2.05, 4.69) is 5.32 Å². The van der Waals surface area contributed by atoms with Gasteiger partial charge in [-0.1, -0.05) is 19.1 Å². The molecule has 4 saturated carbocycles. The number of primary amides is 1. The Balaban J connectivity index is 1.59. The number of benzene rings is 1. The average Bonchev–Trinajstić information content (AvgIpc) is 2.75. The number of carbonyl (C=O) groups excluding carboxylic acids is 2. The van der Waals surface area contributed by atoms with E-state index in [1.807, 2.05) is 0 Å². The molecule has 2 amide bonds. The summed E-state index contributed by atoms with van der Waals surface area (Å²) in [5, 5.41) is 14.6. The van der Waals surface area contributed by atoms with E-state index in [1.54, 1.807) is 6.92 Å². The second-order valence-electron chi connectivity index (χ2n) is 10.6. The highest BCUT2D eigenvalue weighted by Crippen LogP contribution is 2.60. The molecule has 11 heteroatoms. The molecule has 2 unspecified atom stereocenters. The Bertz CT molecular complexity index is 1120. The zero-order valence-corrected chi connectivity index (χ0v) is 20.5. The number of nitrogens with one attached hydrogen (secondary N) is 1. The topological polar surface area (TPSA) is 153 Å². The smallest absolute Gasteiger partial charge is 0.289 e. The molecule has 2 atom stereocenters. The molecule has 0 spiro atoms. The van der Waals surface area contributed by atoms with Gasteiger partial charge in [0.1, 0.15) is 5.54 Å². The number of para-hydroxylation sites is 1. The lowest BCUT2D eigenvalue weighted by Crippen LogP contribution is -2.65. The van der Waals surface area contributed by atoms with Crippen molar-refractivity contribution in [2.24, 2.45) is 28.9 Å². The van der Waals surface area contributed by atoms with Crippen molar-refractivity contribution < 1.29 is 22.9 Å². The third-order valence-corrected chi connectivity index (χ3v) is 10.4. The van der Waals surface area contributed by atoms with Crippen molar-refractivity contribution in [2.45, 2.75) is 69.4 Å². The summed E-state index contributed by atoms with van der Waals surface area (Å²) in [6.07, 6.45) is 3.95. The summed E-state index contributed by atoms with van der Waals surface area (Å²) in [5.41, 5.74) is 3.24. The lowest BCUT2D eigenvalue weighted by atomic mass is 9.47. The summed E-state index contributed by atoms with van der Waals surface area (Å²) in [6.45, 7) is 4.58. The van der Waals surface area contributed by atoms with Crippen LogP contribution in [0.3, 0.4) is 0 Å². The van der Waals surface area contributed by atoms with Crippen molar-refractivity contribution in [1.82, 2.24) is 9.62 Å². The number of amides is 2. The van der Waals surface area contributed by atoms with Crippen molar-refractivity contribution in [1.29, 1.82) is 0 Å². The van der Waals surface area contributed by atoms with Crippen LogP contribution in [0.25, 0.3) is 0 Å². The average molecular weight is 493 g/mol. The Kier molecular flexibility index (Phi) is 6.00. The fourth-order valence-electron chi connectivity index (χ4n) is 6.81. The Morgan fingerprint density at radius 3 is 2.32 bits per heavy atom. The normalized spacial score (nSPS) is 30.4. The van der Waals surface area contributed by atoms with E-state index < -0.39 is 42.4 Å². The largest absolute Gasteiger partial charge is 0.369 e. The molecule has 0 radical (unpaired) electrons. The second-order valence-corrected chi connectivity index (χ2v) is 12.4. The Labute approximate surface area is 199 Å². The van der Waals surface area contributed by atoms with Crippen LogP contribution in [0.2, 0.25) is 0 Å². The Morgan fingerprint density at radius 2 is 1.79 bits per heavy atom. The number of hydrogen-bond donors (Lipinski definition) is 2. The molecule has 1 aromatic carbocycles. The summed E-state index contributed by atoms with van der Waals surface area (Å²) in [4.78, 5) is 36.0. The summed E-state index contributed by atoms with van der Waals surface area (Å²) in [6, 6.07) is 4.99. The molecule has 34 heavy (non-hydrogen) atoms. The van der Waals surface area contributed by atoms with Crippen LogP contribution in [-0.2, 0) is 19.6 Å². The Hall–Kier alpha value is -2.53. The fourth-order valence-corrected chi connectivity index (χ4v) is 8.73. The first-order valence-electron chi connectivity index (χ1n) is 11.7. The third kappa shape index (κ3) is 3.78. The first kappa shape index (κ1) is 24.6. The zero-order chi connectivity index (χ0) is 25.1. The maximum absolute atomic E-state index is 13.5. The van der Waals surface area contributed by atoms with E-state index in [4.69, 9.17) is 5.73 Å². The highest BCUT2D eigenvalue weighted by Gasteiger charge is 2.58. The number of likely N-dealkylation sites (N-methyl/N-ethyl adjacent to an activating group) is 1. The maximum atomic E-state index is 13.5. The quantitative estimate of drug-likeness (QED) is 0.419. The highest BCUT2D eigenvalue weighted by molar-refractivity contribution is 7.89. The first-order valence-corrected chi connectivity index (χ1v) is 13.1. The van der Waals surface area contributed by atoms with E-state index >= 15 is 0 Å². The molecule has 1 aromatic rings.